The lowest BCUT2D eigenvalue weighted by Gasteiger charge is -2.28. The Morgan fingerprint density at radius 2 is 1.91 bits per heavy atom. The molecule has 23 heavy (non-hydrogen) atoms. The highest BCUT2D eigenvalue weighted by Crippen LogP contribution is 2.22. The average Bonchev–Trinajstić information content (AvgIpc) is 3.19. The van der Waals surface area contributed by atoms with Crippen molar-refractivity contribution in [1.29, 1.82) is 0 Å². The summed E-state index contributed by atoms with van der Waals surface area (Å²) in [6.45, 7) is 7.56. The van der Waals surface area contributed by atoms with Crippen LogP contribution in [0.2, 0.25) is 0 Å². The SMILES string of the molecule is CN(CC(=O)N1CCCN(CC2CCOC2)CC1)C1CCCC1. The number of rotatable bonds is 5. The minimum atomic E-state index is 0.324. The van der Waals surface area contributed by atoms with Crippen LogP contribution in [0.15, 0.2) is 0 Å². The molecule has 3 aliphatic rings. The monoisotopic (exact) mass is 323 g/mol. The number of hydrogen-bond donors (Lipinski definition) is 0. The third kappa shape index (κ3) is 4.91. The number of ether oxygens (including phenoxy) is 1. The van der Waals surface area contributed by atoms with Gasteiger partial charge in [0.1, 0.15) is 0 Å². The van der Waals surface area contributed by atoms with Crippen molar-refractivity contribution >= 4 is 5.91 Å². The van der Waals surface area contributed by atoms with Gasteiger partial charge in [-0.3, -0.25) is 9.69 Å². The maximum Gasteiger partial charge on any atom is 0.236 e. The predicted molar refractivity (Wildman–Crippen MR) is 91.4 cm³/mol. The molecule has 2 saturated heterocycles. The van der Waals surface area contributed by atoms with Gasteiger partial charge in [0.05, 0.1) is 13.2 Å². The van der Waals surface area contributed by atoms with Crippen molar-refractivity contribution in [3.63, 3.8) is 0 Å². The van der Waals surface area contributed by atoms with Gasteiger partial charge in [-0.15, -0.1) is 0 Å². The van der Waals surface area contributed by atoms with Crippen molar-refractivity contribution in [3.05, 3.63) is 0 Å². The Kier molecular flexibility index (Phi) is 6.31. The van der Waals surface area contributed by atoms with Gasteiger partial charge in [0.15, 0.2) is 0 Å². The van der Waals surface area contributed by atoms with E-state index in [2.05, 4.69) is 21.7 Å². The lowest BCUT2D eigenvalue weighted by atomic mass is 10.1. The smallest absolute Gasteiger partial charge is 0.236 e. The van der Waals surface area contributed by atoms with E-state index in [1.54, 1.807) is 0 Å². The van der Waals surface area contributed by atoms with Gasteiger partial charge in [-0.25, -0.2) is 0 Å². The van der Waals surface area contributed by atoms with Crippen LogP contribution < -0.4 is 0 Å². The predicted octanol–water partition coefficient (Wildman–Crippen LogP) is 1.43. The van der Waals surface area contributed by atoms with E-state index >= 15 is 0 Å². The summed E-state index contributed by atoms with van der Waals surface area (Å²) in [5.74, 6) is 1.02. The van der Waals surface area contributed by atoms with Crippen molar-refractivity contribution in [2.75, 3.05) is 59.5 Å². The molecule has 1 saturated carbocycles. The van der Waals surface area contributed by atoms with Gasteiger partial charge in [-0.05, 0) is 45.2 Å². The zero-order valence-electron chi connectivity index (χ0n) is 14.7. The Balaban J connectivity index is 1.42. The zero-order valence-corrected chi connectivity index (χ0v) is 14.7. The third-order valence-electron chi connectivity index (χ3n) is 5.81. The van der Waals surface area contributed by atoms with Gasteiger partial charge >= 0.3 is 0 Å². The first kappa shape index (κ1) is 17.2. The summed E-state index contributed by atoms with van der Waals surface area (Å²) < 4.78 is 5.48. The summed E-state index contributed by atoms with van der Waals surface area (Å²) in [6.07, 6.45) is 7.49. The quantitative estimate of drug-likeness (QED) is 0.767. The van der Waals surface area contributed by atoms with E-state index in [1.165, 1.54) is 32.1 Å². The molecule has 1 amide bonds. The molecule has 0 aromatic heterocycles. The first-order chi connectivity index (χ1) is 11.2. The van der Waals surface area contributed by atoms with E-state index < -0.39 is 0 Å². The second-order valence-electron chi connectivity index (χ2n) is 7.62. The van der Waals surface area contributed by atoms with Gasteiger partial charge in [0, 0.05) is 38.8 Å². The van der Waals surface area contributed by atoms with E-state index in [0.717, 1.165) is 52.4 Å². The molecule has 1 aliphatic carbocycles. The number of hydrogen-bond acceptors (Lipinski definition) is 4. The number of amides is 1. The molecule has 2 aliphatic heterocycles. The largest absolute Gasteiger partial charge is 0.381 e. The lowest BCUT2D eigenvalue weighted by molar-refractivity contribution is -0.132. The number of carbonyl (C=O) groups excluding carboxylic acids is 1. The van der Waals surface area contributed by atoms with E-state index in [-0.39, 0.29) is 0 Å². The highest BCUT2D eigenvalue weighted by Gasteiger charge is 2.26. The van der Waals surface area contributed by atoms with E-state index in [9.17, 15) is 4.79 Å². The van der Waals surface area contributed by atoms with E-state index in [1.807, 2.05) is 0 Å². The highest BCUT2D eigenvalue weighted by molar-refractivity contribution is 5.78. The molecule has 0 spiro atoms. The van der Waals surface area contributed by atoms with Gasteiger partial charge < -0.3 is 14.5 Å². The average molecular weight is 323 g/mol. The summed E-state index contributed by atoms with van der Waals surface area (Å²) in [5.41, 5.74) is 0. The third-order valence-corrected chi connectivity index (χ3v) is 5.81. The molecule has 1 atom stereocenters. The fraction of sp³-hybridized carbons (Fsp3) is 0.944. The fourth-order valence-corrected chi connectivity index (χ4v) is 4.28. The first-order valence-corrected chi connectivity index (χ1v) is 9.50. The normalized spacial score (nSPS) is 27.7. The Morgan fingerprint density at radius 1 is 1.09 bits per heavy atom. The molecule has 0 aromatic carbocycles. The molecule has 3 fully saturated rings. The Hall–Kier alpha value is -0.650. The van der Waals surface area contributed by atoms with Crippen LogP contribution in [-0.2, 0) is 9.53 Å². The maximum absolute atomic E-state index is 12.6. The van der Waals surface area contributed by atoms with Gasteiger partial charge in [0.25, 0.3) is 0 Å². The van der Waals surface area contributed by atoms with Crippen LogP contribution >= 0.6 is 0 Å². The summed E-state index contributed by atoms with van der Waals surface area (Å²) in [6, 6.07) is 0.629. The molecular formula is C18H33N3O2. The van der Waals surface area contributed by atoms with Crippen molar-refractivity contribution in [3.8, 4) is 0 Å². The number of nitrogens with zero attached hydrogens (tertiary/aromatic N) is 3. The standard InChI is InChI=1S/C18H33N3O2/c1-19(17-5-2-3-6-17)14-18(22)21-9-4-8-20(10-11-21)13-16-7-12-23-15-16/h16-17H,2-15H2,1H3. The minimum absolute atomic E-state index is 0.324. The van der Waals surface area contributed by atoms with Crippen LogP contribution in [0.3, 0.4) is 0 Å². The molecule has 5 nitrogen and oxygen atoms in total. The molecule has 0 aromatic rings. The van der Waals surface area contributed by atoms with E-state index in [0.29, 0.717) is 24.4 Å². The van der Waals surface area contributed by atoms with E-state index in [4.69, 9.17) is 4.74 Å². The van der Waals surface area contributed by atoms with Crippen molar-refractivity contribution in [2.45, 2.75) is 44.6 Å². The van der Waals surface area contributed by atoms with Crippen LogP contribution in [0.25, 0.3) is 0 Å². The molecule has 1 unspecified atom stereocenters. The van der Waals surface area contributed by atoms with Crippen molar-refractivity contribution in [2.24, 2.45) is 5.92 Å². The Bertz CT molecular complexity index is 378. The van der Waals surface area contributed by atoms with Gasteiger partial charge in [-0.2, -0.15) is 0 Å². The Morgan fingerprint density at radius 3 is 2.65 bits per heavy atom. The molecule has 3 rings (SSSR count). The number of likely N-dealkylation sites (N-methyl/N-ethyl adjacent to an activating group) is 1. The first-order valence-electron chi connectivity index (χ1n) is 9.50. The summed E-state index contributed by atoms with van der Waals surface area (Å²) in [7, 11) is 2.12. The highest BCUT2D eigenvalue weighted by atomic mass is 16.5. The fourth-order valence-electron chi connectivity index (χ4n) is 4.28. The topological polar surface area (TPSA) is 36.0 Å². The van der Waals surface area contributed by atoms with Crippen LogP contribution in [-0.4, -0.2) is 86.2 Å². The van der Waals surface area contributed by atoms with Gasteiger partial charge in [-0.1, -0.05) is 12.8 Å². The molecule has 0 radical (unpaired) electrons. The molecule has 0 bridgehead atoms. The lowest BCUT2D eigenvalue weighted by Crippen LogP contribution is -2.43. The van der Waals surface area contributed by atoms with Crippen LogP contribution in [0.4, 0.5) is 0 Å². The van der Waals surface area contributed by atoms with Crippen LogP contribution in [0.5, 0.6) is 0 Å². The molecule has 5 heteroatoms. The summed E-state index contributed by atoms with van der Waals surface area (Å²) in [5, 5.41) is 0. The van der Waals surface area contributed by atoms with Crippen LogP contribution in [0.1, 0.15) is 38.5 Å². The van der Waals surface area contributed by atoms with Crippen molar-refractivity contribution < 1.29 is 9.53 Å². The maximum atomic E-state index is 12.6. The zero-order chi connectivity index (χ0) is 16.1. The van der Waals surface area contributed by atoms with Crippen molar-refractivity contribution in [1.82, 2.24) is 14.7 Å². The van der Waals surface area contributed by atoms with Crippen LogP contribution in [0, 0.1) is 5.92 Å². The molecule has 2 heterocycles. The number of carbonyl (C=O) groups is 1. The summed E-state index contributed by atoms with van der Waals surface area (Å²) >= 11 is 0. The minimum Gasteiger partial charge on any atom is -0.381 e. The second-order valence-corrected chi connectivity index (χ2v) is 7.62. The second kappa shape index (κ2) is 8.45. The molecular weight excluding hydrogens is 290 g/mol. The summed E-state index contributed by atoms with van der Waals surface area (Å²) in [4.78, 5) is 19.5. The Labute approximate surface area is 140 Å². The molecule has 132 valence electrons. The van der Waals surface area contributed by atoms with Gasteiger partial charge in [0.2, 0.25) is 5.91 Å². The molecule has 0 N–H and O–H groups in total.